The van der Waals surface area contributed by atoms with Crippen LogP contribution in [0.5, 0.6) is 5.75 Å². The second-order valence-electron chi connectivity index (χ2n) is 9.85. The Kier molecular flexibility index (Phi) is 12.1. The average molecular weight is 627 g/mol. The number of ether oxygens (including phenoxy) is 3. The minimum atomic E-state index is -1.81. The summed E-state index contributed by atoms with van der Waals surface area (Å²) in [4.78, 5) is 38.9. The number of esters is 1. The van der Waals surface area contributed by atoms with Gasteiger partial charge in [-0.1, -0.05) is 42.2 Å². The molecule has 1 N–H and O–H groups in total. The molecule has 2 amide bonds. The van der Waals surface area contributed by atoms with E-state index in [0.717, 1.165) is 22.4 Å². The number of fused-ring (bicyclic) bond motifs is 2. The number of halogens is 4. The molecule has 0 radical (unpaired) electrons. The summed E-state index contributed by atoms with van der Waals surface area (Å²) in [5.74, 6) is -3.59. The fourth-order valence-electron chi connectivity index (χ4n) is 4.38. The van der Waals surface area contributed by atoms with Crippen LogP contribution in [0.3, 0.4) is 0 Å². The van der Waals surface area contributed by atoms with Gasteiger partial charge in [0.25, 0.3) is 0 Å². The maximum atomic E-state index is 13.6. The smallest absolute Gasteiger partial charge is 0.313 e. The van der Waals surface area contributed by atoms with Gasteiger partial charge in [0.2, 0.25) is 29.2 Å². The van der Waals surface area contributed by atoms with Gasteiger partial charge >= 0.3 is 5.97 Å². The van der Waals surface area contributed by atoms with Crippen LogP contribution in [-0.4, -0.2) is 50.8 Å². The average Bonchev–Trinajstić information content (AvgIpc) is 3.02. The molecule has 0 aliphatic carbocycles. The van der Waals surface area contributed by atoms with Crippen molar-refractivity contribution in [2.24, 2.45) is 0 Å². The Hall–Kier alpha value is -4.73. The predicted molar refractivity (Wildman–Crippen MR) is 155 cm³/mol. The molecular weight excluding hydrogens is 596 g/mol. The Bertz CT molecular complexity index is 1580. The summed E-state index contributed by atoms with van der Waals surface area (Å²) in [5.41, 5.74) is 3.32. The first-order valence-corrected chi connectivity index (χ1v) is 14.2. The van der Waals surface area contributed by atoms with Gasteiger partial charge in [-0.2, -0.15) is 8.78 Å². The second kappa shape index (κ2) is 16.4. The van der Waals surface area contributed by atoms with Crippen molar-refractivity contribution in [3.05, 3.63) is 94.6 Å². The van der Waals surface area contributed by atoms with Crippen molar-refractivity contribution < 1.29 is 46.2 Å². The lowest BCUT2D eigenvalue weighted by Gasteiger charge is -2.26. The maximum absolute atomic E-state index is 13.6. The Balaban J connectivity index is 1.08. The SMILES string of the molecule is O=C(CCCC(=O)N1Cc2ccccc2C#Cc2ccccc21)NCCOCCOCCC(=O)Oc1c(F)c(F)cc(F)c1F. The first-order valence-electron chi connectivity index (χ1n) is 14.2. The van der Waals surface area contributed by atoms with Crippen molar-refractivity contribution in [2.45, 2.75) is 32.2 Å². The van der Waals surface area contributed by atoms with Crippen LogP contribution in [0.1, 0.15) is 42.4 Å². The summed E-state index contributed by atoms with van der Waals surface area (Å²) in [6, 6.07) is 15.2. The summed E-state index contributed by atoms with van der Waals surface area (Å²) in [5, 5.41) is 2.72. The quantitative estimate of drug-likeness (QED) is 0.0690. The van der Waals surface area contributed by atoms with E-state index >= 15 is 0 Å². The third-order valence-corrected chi connectivity index (χ3v) is 6.65. The third-order valence-electron chi connectivity index (χ3n) is 6.65. The molecule has 12 heteroatoms. The number of benzene rings is 3. The lowest BCUT2D eigenvalue weighted by Crippen LogP contribution is -2.32. The molecule has 3 aromatic carbocycles. The van der Waals surface area contributed by atoms with E-state index in [1.165, 1.54) is 0 Å². The number of nitrogens with zero attached hydrogens (tertiary/aromatic N) is 1. The molecule has 0 bridgehead atoms. The molecule has 0 spiro atoms. The van der Waals surface area contributed by atoms with Gasteiger partial charge in [-0.15, -0.1) is 0 Å². The number of carbonyl (C=O) groups excluding carboxylic acids is 3. The van der Waals surface area contributed by atoms with E-state index in [-0.39, 0.29) is 63.7 Å². The van der Waals surface area contributed by atoms with Crippen LogP contribution in [0.25, 0.3) is 0 Å². The fourth-order valence-corrected chi connectivity index (χ4v) is 4.38. The molecule has 0 saturated carbocycles. The van der Waals surface area contributed by atoms with Crippen LogP contribution in [0.4, 0.5) is 23.2 Å². The van der Waals surface area contributed by atoms with Gasteiger partial charge in [0.1, 0.15) is 0 Å². The first kappa shape index (κ1) is 33.2. The van der Waals surface area contributed by atoms with Crippen LogP contribution < -0.4 is 15.0 Å². The van der Waals surface area contributed by atoms with E-state index in [9.17, 15) is 31.9 Å². The summed E-state index contributed by atoms with van der Waals surface area (Å²) < 4.78 is 68.4. The number of carbonyl (C=O) groups is 3. The van der Waals surface area contributed by atoms with Gasteiger partial charge in [0, 0.05) is 36.6 Å². The molecule has 0 saturated heterocycles. The van der Waals surface area contributed by atoms with Crippen molar-refractivity contribution in [2.75, 3.05) is 37.9 Å². The normalized spacial score (nSPS) is 11.8. The van der Waals surface area contributed by atoms with Crippen LogP contribution in [0.15, 0.2) is 54.6 Å². The highest BCUT2D eigenvalue weighted by Gasteiger charge is 2.23. The van der Waals surface area contributed by atoms with Crippen molar-refractivity contribution in [3.8, 4) is 17.6 Å². The molecule has 45 heavy (non-hydrogen) atoms. The monoisotopic (exact) mass is 626 g/mol. The first-order chi connectivity index (χ1) is 21.7. The number of anilines is 1. The number of hydrogen-bond acceptors (Lipinski definition) is 6. The molecule has 4 rings (SSSR count). The van der Waals surface area contributed by atoms with Crippen molar-refractivity contribution in [1.82, 2.24) is 5.32 Å². The Morgan fingerprint density at radius 2 is 1.42 bits per heavy atom. The minimum Gasteiger partial charge on any atom is -0.420 e. The van der Waals surface area contributed by atoms with E-state index in [0.29, 0.717) is 13.0 Å². The lowest BCUT2D eigenvalue weighted by atomic mass is 10.0. The molecule has 0 aromatic heterocycles. The van der Waals surface area contributed by atoms with E-state index in [1.54, 1.807) is 4.90 Å². The van der Waals surface area contributed by atoms with Gasteiger partial charge in [-0.05, 0) is 30.2 Å². The van der Waals surface area contributed by atoms with Gasteiger partial charge in [-0.25, -0.2) is 8.78 Å². The van der Waals surface area contributed by atoms with Gasteiger partial charge in [0.05, 0.1) is 45.1 Å². The van der Waals surface area contributed by atoms with E-state index in [1.807, 2.05) is 48.5 Å². The Morgan fingerprint density at radius 1 is 0.778 bits per heavy atom. The highest BCUT2D eigenvalue weighted by atomic mass is 19.2. The van der Waals surface area contributed by atoms with Gasteiger partial charge in [0.15, 0.2) is 11.6 Å². The number of amides is 2. The molecule has 0 fully saturated rings. The molecule has 1 heterocycles. The van der Waals surface area contributed by atoms with Crippen molar-refractivity contribution >= 4 is 23.5 Å². The molecule has 1 aliphatic rings. The second-order valence-corrected chi connectivity index (χ2v) is 9.85. The summed E-state index contributed by atoms with van der Waals surface area (Å²) >= 11 is 0. The number of nitrogens with one attached hydrogen (secondary N) is 1. The zero-order chi connectivity index (χ0) is 32.2. The molecule has 3 aromatic rings. The van der Waals surface area contributed by atoms with E-state index < -0.39 is 41.4 Å². The largest absolute Gasteiger partial charge is 0.420 e. The predicted octanol–water partition coefficient (Wildman–Crippen LogP) is 4.80. The topological polar surface area (TPSA) is 94.2 Å². The Morgan fingerprint density at radius 3 is 2.18 bits per heavy atom. The number of para-hydroxylation sites is 1. The van der Waals surface area contributed by atoms with E-state index in [2.05, 4.69) is 21.9 Å². The fraction of sp³-hybridized carbons (Fsp3) is 0.303. The molecule has 236 valence electrons. The molecule has 0 unspecified atom stereocenters. The third kappa shape index (κ3) is 9.38. The van der Waals surface area contributed by atoms with Crippen molar-refractivity contribution in [1.29, 1.82) is 0 Å². The zero-order valence-electron chi connectivity index (χ0n) is 24.2. The maximum Gasteiger partial charge on any atom is 0.313 e. The standard InChI is InChI=1S/C33H30F4N2O6/c34-25-20-26(35)32(37)33(31(25)36)45-30(42)14-16-43-18-19-44-17-15-38-28(40)10-5-11-29(41)39-21-24-8-2-1-6-22(24)12-13-23-7-3-4-9-27(23)39/h1-4,6-9,20H,5,10-11,14-19,21H2,(H,38,40). The van der Waals surface area contributed by atoms with Gasteiger partial charge < -0.3 is 24.4 Å². The van der Waals surface area contributed by atoms with Crippen molar-refractivity contribution in [3.63, 3.8) is 0 Å². The lowest BCUT2D eigenvalue weighted by molar-refractivity contribution is -0.136. The summed E-state index contributed by atoms with van der Waals surface area (Å²) in [6.07, 6.45) is 0.275. The molecule has 0 atom stereocenters. The van der Waals surface area contributed by atoms with Crippen LogP contribution in [0.2, 0.25) is 0 Å². The molecular formula is C33H30F4N2O6. The summed E-state index contributed by atoms with van der Waals surface area (Å²) in [6.45, 7) is 0.800. The number of hydrogen-bond donors (Lipinski definition) is 1. The highest BCUT2D eigenvalue weighted by molar-refractivity contribution is 5.95. The molecule has 8 nitrogen and oxygen atoms in total. The minimum absolute atomic E-state index is 0.00701. The van der Waals surface area contributed by atoms with Crippen LogP contribution in [-0.2, 0) is 30.4 Å². The van der Waals surface area contributed by atoms with Gasteiger partial charge in [-0.3, -0.25) is 14.4 Å². The summed E-state index contributed by atoms with van der Waals surface area (Å²) in [7, 11) is 0. The number of rotatable bonds is 14. The van der Waals surface area contributed by atoms with Crippen LogP contribution in [0, 0.1) is 35.1 Å². The zero-order valence-corrected chi connectivity index (χ0v) is 24.2. The highest BCUT2D eigenvalue weighted by Crippen LogP contribution is 2.27. The van der Waals surface area contributed by atoms with Crippen LogP contribution >= 0.6 is 0 Å². The Labute approximate surface area is 257 Å². The molecule has 1 aliphatic heterocycles. The van der Waals surface area contributed by atoms with E-state index in [4.69, 9.17) is 9.47 Å².